The zero-order chi connectivity index (χ0) is 9.97. The molecule has 1 aliphatic rings. The van der Waals surface area contributed by atoms with E-state index in [0.29, 0.717) is 0 Å². The van der Waals surface area contributed by atoms with Crippen LogP contribution in [0.3, 0.4) is 0 Å². The van der Waals surface area contributed by atoms with Crippen molar-refractivity contribution in [3.63, 3.8) is 0 Å². The zero-order valence-electron chi connectivity index (χ0n) is 8.88. The molecule has 0 radical (unpaired) electrons. The van der Waals surface area contributed by atoms with Gasteiger partial charge < -0.3 is 0 Å². The van der Waals surface area contributed by atoms with Crippen LogP contribution in [0.5, 0.6) is 0 Å². The summed E-state index contributed by atoms with van der Waals surface area (Å²) in [5.41, 5.74) is 3.06. The average Bonchev–Trinajstić information content (AvgIpc) is 2.68. The molecule has 0 N–H and O–H groups in total. The summed E-state index contributed by atoms with van der Waals surface area (Å²) in [5, 5.41) is 2.92. The van der Waals surface area contributed by atoms with Crippen LogP contribution in [0, 0.1) is 0 Å². The van der Waals surface area contributed by atoms with Gasteiger partial charge in [0.25, 0.3) is 0 Å². The van der Waals surface area contributed by atoms with Gasteiger partial charge in [0.1, 0.15) is 0 Å². The second-order valence-corrected chi connectivity index (χ2v) is 3.43. The van der Waals surface area contributed by atoms with E-state index in [-0.39, 0.29) is 0 Å². The third-order valence-electron chi connectivity index (χ3n) is 2.74. The molecular weight excluding hydrogens is 168 g/mol. The summed E-state index contributed by atoms with van der Waals surface area (Å²) in [4.78, 5) is 0. The third-order valence-corrected chi connectivity index (χ3v) is 2.74. The van der Waals surface area contributed by atoms with Crippen molar-refractivity contribution in [1.82, 2.24) is 0 Å². The van der Waals surface area contributed by atoms with Crippen molar-refractivity contribution in [2.24, 2.45) is 0 Å². The van der Waals surface area contributed by atoms with E-state index in [2.05, 4.69) is 36.4 Å². The van der Waals surface area contributed by atoms with Gasteiger partial charge in [-0.1, -0.05) is 50.2 Å². The van der Waals surface area contributed by atoms with Crippen LogP contribution < -0.4 is 0 Å². The van der Waals surface area contributed by atoms with Crippen LogP contribution in [-0.2, 0) is 12.8 Å². The highest BCUT2D eigenvalue weighted by atomic mass is 14.2. The largest absolute Gasteiger partial charge is 0.0683 e. The Bertz CT molecular complexity index is 402. The van der Waals surface area contributed by atoms with E-state index >= 15 is 0 Å². The highest BCUT2D eigenvalue weighted by Crippen LogP contribution is 2.29. The third kappa shape index (κ3) is 1.31. The van der Waals surface area contributed by atoms with Gasteiger partial charge in [0.2, 0.25) is 0 Å². The molecule has 2 aromatic carbocycles. The Morgan fingerprint density at radius 3 is 1.79 bits per heavy atom. The van der Waals surface area contributed by atoms with Gasteiger partial charge in [0.15, 0.2) is 0 Å². The highest BCUT2D eigenvalue weighted by molar-refractivity contribution is 5.90. The van der Waals surface area contributed by atoms with E-state index < -0.39 is 0 Å². The van der Waals surface area contributed by atoms with E-state index in [1.54, 1.807) is 0 Å². The molecule has 0 nitrogen and oxygen atoms in total. The fourth-order valence-corrected chi connectivity index (χ4v) is 2.19. The zero-order valence-corrected chi connectivity index (χ0v) is 8.88. The molecule has 0 fully saturated rings. The first-order chi connectivity index (χ1) is 6.95. The fraction of sp³-hybridized carbons (Fsp3) is 0.286. The summed E-state index contributed by atoms with van der Waals surface area (Å²) < 4.78 is 0. The van der Waals surface area contributed by atoms with Crippen molar-refractivity contribution < 1.29 is 0 Å². The Morgan fingerprint density at radius 2 is 1.29 bits per heavy atom. The standard InChI is InChI=1S/C12H10.C2H6/c1-3-9-4-2-6-11-8-7-10(5-1)12(9)11;1-2/h1-6H,7-8H2;1-2H3. The molecular formula is C14H16. The molecule has 0 atom stereocenters. The summed E-state index contributed by atoms with van der Waals surface area (Å²) in [6, 6.07) is 13.2. The Labute approximate surface area is 85.6 Å². The molecule has 14 heavy (non-hydrogen) atoms. The second-order valence-electron chi connectivity index (χ2n) is 3.43. The van der Waals surface area contributed by atoms with Crippen LogP contribution in [-0.4, -0.2) is 0 Å². The molecule has 3 rings (SSSR count). The van der Waals surface area contributed by atoms with Crippen LogP contribution in [0.15, 0.2) is 36.4 Å². The molecule has 2 aromatic rings. The quantitative estimate of drug-likeness (QED) is 0.581. The van der Waals surface area contributed by atoms with Gasteiger partial charge in [-0.25, -0.2) is 0 Å². The summed E-state index contributed by atoms with van der Waals surface area (Å²) in [6.45, 7) is 4.00. The van der Waals surface area contributed by atoms with Crippen molar-refractivity contribution in [2.75, 3.05) is 0 Å². The molecule has 0 bridgehead atoms. The first kappa shape index (κ1) is 9.26. The lowest BCUT2D eigenvalue weighted by atomic mass is 10.1. The minimum Gasteiger partial charge on any atom is -0.0683 e. The monoisotopic (exact) mass is 184 g/mol. The summed E-state index contributed by atoms with van der Waals surface area (Å²) in [5.74, 6) is 0. The van der Waals surface area contributed by atoms with Crippen LogP contribution in [0.2, 0.25) is 0 Å². The van der Waals surface area contributed by atoms with E-state index in [1.165, 1.54) is 34.7 Å². The van der Waals surface area contributed by atoms with Crippen molar-refractivity contribution in [1.29, 1.82) is 0 Å². The van der Waals surface area contributed by atoms with Crippen molar-refractivity contribution in [2.45, 2.75) is 26.7 Å². The molecule has 0 heteroatoms. The molecule has 0 spiro atoms. The van der Waals surface area contributed by atoms with Gasteiger partial charge >= 0.3 is 0 Å². The van der Waals surface area contributed by atoms with Crippen LogP contribution >= 0.6 is 0 Å². The Morgan fingerprint density at radius 1 is 0.786 bits per heavy atom. The molecule has 0 heterocycles. The Kier molecular flexibility index (Phi) is 2.53. The molecule has 0 aliphatic heterocycles. The maximum absolute atomic E-state index is 2.25. The second kappa shape index (κ2) is 3.83. The van der Waals surface area contributed by atoms with Crippen LogP contribution in [0.25, 0.3) is 10.8 Å². The van der Waals surface area contributed by atoms with Gasteiger partial charge in [-0.3, -0.25) is 0 Å². The predicted octanol–water partition coefficient (Wildman–Crippen LogP) is 3.96. The maximum atomic E-state index is 2.25. The van der Waals surface area contributed by atoms with Gasteiger partial charge in [0, 0.05) is 0 Å². The van der Waals surface area contributed by atoms with E-state index in [1.807, 2.05) is 13.8 Å². The van der Waals surface area contributed by atoms with E-state index in [4.69, 9.17) is 0 Å². The van der Waals surface area contributed by atoms with Crippen molar-refractivity contribution >= 4 is 10.8 Å². The van der Waals surface area contributed by atoms with E-state index in [0.717, 1.165) is 0 Å². The lowest BCUT2D eigenvalue weighted by molar-refractivity contribution is 1.02. The Hall–Kier alpha value is -1.30. The molecule has 0 unspecified atom stereocenters. The number of benzene rings is 2. The lowest BCUT2D eigenvalue weighted by Gasteiger charge is -1.99. The van der Waals surface area contributed by atoms with Crippen molar-refractivity contribution in [3.05, 3.63) is 47.5 Å². The number of hydrogen-bond acceptors (Lipinski definition) is 0. The maximum Gasteiger partial charge on any atom is -0.0120 e. The normalized spacial score (nSPS) is 12.4. The SMILES string of the molecule is CC.c1cc2c3c(cccc3c1)CC2. The number of rotatable bonds is 0. The first-order valence-corrected chi connectivity index (χ1v) is 5.45. The predicted molar refractivity (Wildman–Crippen MR) is 62.7 cm³/mol. The molecule has 1 aliphatic carbocycles. The minimum atomic E-state index is 1.23. The molecule has 72 valence electrons. The molecule has 0 saturated heterocycles. The average molecular weight is 184 g/mol. The van der Waals surface area contributed by atoms with Gasteiger partial charge in [-0.15, -0.1) is 0 Å². The highest BCUT2D eigenvalue weighted by Gasteiger charge is 2.11. The topological polar surface area (TPSA) is 0 Å². The molecule has 0 aromatic heterocycles. The Balaban J connectivity index is 0.000000354. The lowest BCUT2D eigenvalue weighted by Crippen LogP contribution is -1.76. The first-order valence-electron chi connectivity index (χ1n) is 5.45. The number of aryl methyl sites for hydroxylation is 2. The van der Waals surface area contributed by atoms with Gasteiger partial charge in [-0.05, 0) is 34.7 Å². The minimum absolute atomic E-state index is 1.23. The smallest absolute Gasteiger partial charge is 0.0120 e. The summed E-state index contributed by atoms with van der Waals surface area (Å²) >= 11 is 0. The fourth-order valence-electron chi connectivity index (χ4n) is 2.19. The van der Waals surface area contributed by atoms with Crippen LogP contribution in [0.1, 0.15) is 25.0 Å². The van der Waals surface area contributed by atoms with Crippen molar-refractivity contribution in [3.8, 4) is 0 Å². The van der Waals surface area contributed by atoms with Crippen LogP contribution in [0.4, 0.5) is 0 Å². The summed E-state index contributed by atoms with van der Waals surface area (Å²) in [7, 11) is 0. The van der Waals surface area contributed by atoms with E-state index in [9.17, 15) is 0 Å². The van der Waals surface area contributed by atoms with Gasteiger partial charge in [-0.2, -0.15) is 0 Å². The number of hydrogen-bond donors (Lipinski definition) is 0. The molecule has 0 amide bonds. The summed E-state index contributed by atoms with van der Waals surface area (Å²) in [6.07, 6.45) is 2.47. The molecule has 0 saturated carbocycles. The van der Waals surface area contributed by atoms with Gasteiger partial charge in [0.05, 0.1) is 0 Å².